The third kappa shape index (κ3) is 2.56. The molecule has 2 heterocycles. The fourth-order valence-electron chi connectivity index (χ4n) is 1.93. The number of anilines is 2. The van der Waals surface area contributed by atoms with Gasteiger partial charge in [0, 0.05) is 24.3 Å². The van der Waals surface area contributed by atoms with Crippen molar-refractivity contribution < 1.29 is 9.53 Å². The predicted molar refractivity (Wildman–Crippen MR) is 72.4 cm³/mol. The Balaban J connectivity index is 2.30. The fraction of sp³-hybridized carbons (Fsp3) is 0.455. The zero-order valence-electron chi connectivity index (χ0n) is 10.0. The fourth-order valence-corrected chi connectivity index (χ4v) is 2.28. The number of carbonyl (C=O) groups is 1. The van der Waals surface area contributed by atoms with Gasteiger partial charge in [0.05, 0.1) is 18.9 Å². The van der Waals surface area contributed by atoms with Crippen LogP contribution in [0.25, 0.3) is 0 Å². The number of pyridine rings is 1. The van der Waals surface area contributed by atoms with E-state index in [9.17, 15) is 4.79 Å². The Labute approximate surface area is 114 Å². The smallest absolute Gasteiger partial charge is 0.244 e. The Bertz CT molecular complexity index is 455. The molecule has 2 rings (SSSR count). The molecule has 0 spiro atoms. The van der Waals surface area contributed by atoms with E-state index in [1.54, 1.807) is 19.3 Å². The highest BCUT2D eigenvalue weighted by Crippen LogP contribution is 2.26. The Morgan fingerprint density at radius 2 is 2.50 bits per heavy atom. The van der Waals surface area contributed by atoms with Gasteiger partial charge in [0.1, 0.15) is 6.04 Å². The number of ether oxygens (including phenoxy) is 1. The van der Waals surface area contributed by atoms with Gasteiger partial charge in [0.2, 0.25) is 5.91 Å². The Morgan fingerprint density at radius 3 is 3.17 bits per heavy atom. The number of morpholine rings is 1. The molecule has 1 aromatic rings. The second-order valence-electron chi connectivity index (χ2n) is 3.96. The Hall–Kier alpha value is -1.34. The molecule has 1 saturated heterocycles. The van der Waals surface area contributed by atoms with Gasteiger partial charge >= 0.3 is 0 Å². The van der Waals surface area contributed by atoms with Crippen molar-refractivity contribution in [1.82, 2.24) is 10.3 Å². The van der Waals surface area contributed by atoms with E-state index in [0.717, 1.165) is 4.47 Å². The average Bonchev–Trinajstić information content (AvgIpc) is 2.38. The lowest BCUT2D eigenvalue weighted by Crippen LogP contribution is -2.53. The highest BCUT2D eigenvalue weighted by Gasteiger charge is 2.30. The van der Waals surface area contributed by atoms with Crippen molar-refractivity contribution in [3.05, 3.63) is 16.7 Å². The predicted octanol–water partition coefficient (Wildman–Crippen LogP) is 0.378. The molecule has 1 fully saturated rings. The molecule has 6 nitrogen and oxygen atoms in total. The van der Waals surface area contributed by atoms with Crippen molar-refractivity contribution in [2.24, 2.45) is 0 Å². The molecular formula is C11H15BrN4O2. The van der Waals surface area contributed by atoms with Gasteiger partial charge in [-0.2, -0.15) is 0 Å². The van der Waals surface area contributed by atoms with E-state index in [1.807, 2.05) is 4.90 Å². The number of nitrogens with zero attached hydrogens (tertiary/aromatic N) is 2. The summed E-state index contributed by atoms with van der Waals surface area (Å²) in [5.74, 6) is 0.522. The molecule has 0 radical (unpaired) electrons. The summed E-state index contributed by atoms with van der Waals surface area (Å²) in [6, 6.07) is 1.39. The molecule has 3 N–H and O–H groups in total. The molecule has 0 aliphatic carbocycles. The van der Waals surface area contributed by atoms with Gasteiger partial charge in [-0.05, 0) is 22.0 Å². The zero-order valence-corrected chi connectivity index (χ0v) is 11.6. The molecule has 1 amide bonds. The van der Waals surface area contributed by atoms with Crippen LogP contribution in [0.15, 0.2) is 16.7 Å². The van der Waals surface area contributed by atoms with E-state index in [2.05, 4.69) is 26.2 Å². The molecule has 0 bridgehead atoms. The van der Waals surface area contributed by atoms with Crippen LogP contribution in [0.1, 0.15) is 0 Å². The van der Waals surface area contributed by atoms with Crippen molar-refractivity contribution >= 4 is 33.3 Å². The number of aromatic nitrogens is 1. The lowest BCUT2D eigenvalue weighted by molar-refractivity contribution is -0.124. The minimum absolute atomic E-state index is 0.0983. The van der Waals surface area contributed by atoms with Crippen LogP contribution in [0.4, 0.5) is 11.5 Å². The molecule has 1 unspecified atom stereocenters. The monoisotopic (exact) mass is 314 g/mol. The maximum atomic E-state index is 11.8. The number of carbonyl (C=O) groups excluding carboxylic acids is 1. The number of hydrogen-bond donors (Lipinski definition) is 2. The molecule has 1 aromatic heterocycles. The number of rotatable bonds is 2. The van der Waals surface area contributed by atoms with Crippen LogP contribution in [0.2, 0.25) is 0 Å². The van der Waals surface area contributed by atoms with Crippen LogP contribution in [-0.2, 0) is 9.53 Å². The Kier molecular flexibility index (Phi) is 4.03. The van der Waals surface area contributed by atoms with E-state index >= 15 is 0 Å². The topological polar surface area (TPSA) is 80.5 Å². The zero-order chi connectivity index (χ0) is 13.1. The van der Waals surface area contributed by atoms with E-state index in [-0.39, 0.29) is 11.9 Å². The minimum atomic E-state index is -0.389. The summed E-state index contributed by atoms with van der Waals surface area (Å²) in [5.41, 5.74) is 6.49. The molecule has 98 valence electrons. The summed E-state index contributed by atoms with van der Waals surface area (Å²) in [7, 11) is 1.60. The van der Waals surface area contributed by atoms with Crippen molar-refractivity contribution in [3.63, 3.8) is 0 Å². The van der Waals surface area contributed by atoms with Crippen molar-refractivity contribution in [2.45, 2.75) is 6.04 Å². The lowest BCUT2D eigenvalue weighted by Gasteiger charge is -2.35. The number of nitrogens with one attached hydrogen (secondary N) is 1. The third-order valence-electron chi connectivity index (χ3n) is 2.81. The van der Waals surface area contributed by atoms with E-state index < -0.39 is 0 Å². The SMILES string of the molecule is CNC(=O)C1COCCN1c1ncc(Br)cc1N. The van der Waals surface area contributed by atoms with Crippen molar-refractivity contribution in [2.75, 3.05) is 37.4 Å². The van der Waals surface area contributed by atoms with Gasteiger partial charge in [-0.3, -0.25) is 4.79 Å². The molecule has 18 heavy (non-hydrogen) atoms. The number of hydrogen-bond acceptors (Lipinski definition) is 5. The van der Waals surface area contributed by atoms with Gasteiger partial charge in [-0.1, -0.05) is 0 Å². The first-order valence-corrected chi connectivity index (χ1v) is 6.39. The quantitative estimate of drug-likeness (QED) is 0.825. The van der Waals surface area contributed by atoms with Crippen molar-refractivity contribution in [3.8, 4) is 0 Å². The van der Waals surface area contributed by atoms with Crippen LogP contribution in [0.3, 0.4) is 0 Å². The summed E-state index contributed by atoms with van der Waals surface area (Å²) in [5, 5.41) is 2.63. The van der Waals surface area contributed by atoms with E-state index in [1.165, 1.54) is 0 Å². The number of amides is 1. The summed E-state index contributed by atoms with van der Waals surface area (Å²) >= 11 is 3.31. The maximum absolute atomic E-state index is 11.8. The summed E-state index contributed by atoms with van der Waals surface area (Å²) < 4.78 is 6.15. The van der Waals surface area contributed by atoms with Gasteiger partial charge < -0.3 is 20.7 Å². The van der Waals surface area contributed by atoms with E-state index in [4.69, 9.17) is 10.5 Å². The first-order chi connectivity index (χ1) is 8.63. The van der Waals surface area contributed by atoms with Gasteiger partial charge in [-0.25, -0.2) is 4.98 Å². The molecule has 0 saturated carbocycles. The van der Waals surface area contributed by atoms with Crippen LogP contribution in [-0.4, -0.2) is 43.7 Å². The van der Waals surface area contributed by atoms with Crippen molar-refractivity contribution in [1.29, 1.82) is 0 Å². The summed E-state index contributed by atoms with van der Waals surface area (Å²) in [6.45, 7) is 1.50. The molecule has 1 atom stereocenters. The Morgan fingerprint density at radius 1 is 1.72 bits per heavy atom. The molecule has 0 aromatic carbocycles. The second-order valence-corrected chi connectivity index (χ2v) is 4.88. The van der Waals surface area contributed by atoms with E-state index in [0.29, 0.717) is 31.3 Å². The number of nitrogen functional groups attached to an aromatic ring is 1. The lowest BCUT2D eigenvalue weighted by atomic mass is 10.2. The van der Waals surface area contributed by atoms with Gasteiger partial charge in [-0.15, -0.1) is 0 Å². The molecule has 7 heteroatoms. The van der Waals surface area contributed by atoms with Crippen LogP contribution in [0.5, 0.6) is 0 Å². The number of halogens is 1. The standard InChI is InChI=1S/C11H15BrN4O2/c1-14-11(17)9-6-18-3-2-16(9)10-8(13)4-7(12)5-15-10/h4-5,9H,2-3,6,13H2,1H3,(H,14,17). The van der Waals surface area contributed by atoms with Crippen LogP contribution >= 0.6 is 15.9 Å². The summed E-state index contributed by atoms with van der Waals surface area (Å²) in [6.07, 6.45) is 1.67. The number of nitrogens with two attached hydrogens (primary N) is 1. The molecule has 1 aliphatic rings. The van der Waals surface area contributed by atoms with Crippen LogP contribution in [0, 0.1) is 0 Å². The summed E-state index contributed by atoms with van der Waals surface area (Å²) in [4.78, 5) is 18.0. The molecular weight excluding hydrogens is 300 g/mol. The van der Waals surface area contributed by atoms with Gasteiger partial charge in [0.15, 0.2) is 5.82 Å². The minimum Gasteiger partial charge on any atom is -0.396 e. The highest BCUT2D eigenvalue weighted by atomic mass is 79.9. The third-order valence-corrected chi connectivity index (χ3v) is 3.24. The first-order valence-electron chi connectivity index (χ1n) is 5.60. The maximum Gasteiger partial charge on any atom is 0.244 e. The van der Waals surface area contributed by atoms with Crippen LogP contribution < -0.4 is 16.0 Å². The largest absolute Gasteiger partial charge is 0.396 e. The first kappa shape index (κ1) is 13.1. The normalized spacial score (nSPS) is 19.7. The average molecular weight is 315 g/mol. The van der Waals surface area contributed by atoms with Gasteiger partial charge in [0.25, 0.3) is 0 Å². The molecule has 1 aliphatic heterocycles. The number of likely N-dealkylation sites (N-methyl/N-ethyl adjacent to an activating group) is 1. The highest BCUT2D eigenvalue weighted by molar-refractivity contribution is 9.10. The second kappa shape index (κ2) is 5.53.